The van der Waals surface area contributed by atoms with Crippen LogP contribution in [0.5, 0.6) is 0 Å². The van der Waals surface area contributed by atoms with Crippen LogP contribution in [0, 0.1) is 5.92 Å². The molecule has 0 spiro atoms. The molecular weight excluding hydrogens is 242 g/mol. The first-order valence-electron chi connectivity index (χ1n) is 5.93. The highest BCUT2D eigenvalue weighted by molar-refractivity contribution is 6.20. The number of rotatable bonds is 4. The van der Waals surface area contributed by atoms with Gasteiger partial charge in [0.15, 0.2) is 0 Å². The second-order valence-electron chi connectivity index (χ2n) is 4.48. The first-order valence-corrected chi connectivity index (χ1v) is 6.37. The van der Waals surface area contributed by atoms with E-state index in [-0.39, 0.29) is 5.38 Å². The van der Waals surface area contributed by atoms with E-state index >= 15 is 0 Å². The van der Waals surface area contributed by atoms with Gasteiger partial charge in [-0.1, -0.05) is 5.10 Å². The fraction of sp³-hybridized carbons (Fsp3) is 0.818. The molecule has 1 aromatic heterocycles. The molecule has 6 heteroatoms. The maximum atomic E-state index is 5.88. The van der Waals surface area contributed by atoms with Crippen molar-refractivity contribution in [1.82, 2.24) is 10.2 Å². The molecule has 2 rings (SSSR count). The minimum Gasteiger partial charge on any atom is -0.406 e. The number of hydrogen-bond acceptors (Lipinski definition) is 5. The van der Waals surface area contributed by atoms with Crippen molar-refractivity contribution >= 4 is 17.6 Å². The van der Waals surface area contributed by atoms with Crippen LogP contribution in [0.15, 0.2) is 4.42 Å². The lowest BCUT2D eigenvalue weighted by Crippen LogP contribution is -2.29. The molecule has 0 amide bonds. The van der Waals surface area contributed by atoms with Crippen LogP contribution in [0.3, 0.4) is 0 Å². The standard InChI is InChI=1S/C11H18ClN3O2/c1-8(12)10-13-14-11(17-10)15(2)7-9-3-5-16-6-4-9/h8-9H,3-7H2,1-2H3. The quantitative estimate of drug-likeness (QED) is 0.776. The third-order valence-electron chi connectivity index (χ3n) is 2.97. The molecular formula is C11H18ClN3O2. The van der Waals surface area contributed by atoms with E-state index in [2.05, 4.69) is 10.2 Å². The average molecular weight is 260 g/mol. The summed E-state index contributed by atoms with van der Waals surface area (Å²) < 4.78 is 10.8. The van der Waals surface area contributed by atoms with Crippen LogP contribution in [-0.4, -0.2) is 37.0 Å². The molecule has 0 N–H and O–H groups in total. The Morgan fingerprint density at radius 3 is 2.71 bits per heavy atom. The highest BCUT2D eigenvalue weighted by atomic mass is 35.5. The molecule has 1 saturated heterocycles. The van der Waals surface area contributed by atoms with E-state index in [4.69, 9.17) is 20.8 Å². The Labute approximate surface area is 106 Å². The number of alkyl halides is 1. The van der Waals surface area contributed by atoms with Gasteiger partial charge in [-0.05, 0) is 25.7 Å². The zero-order chi connectivity index (χ0) is 12.3. The van der Waals surface area contributed by atoms with Gasteiger partial charge in [0.1, 0.15) is 5.38 Å². The van der Waals surface area contributed by atoms with E-state index in [1.54, 1.807) is 0 Å². The van der Waals surface area contributed by atoms with E-state index in [1.807, 2.05) is 18.9 Å². The molecule has 0 aliphatic carbocycles. The van der Waals surface area contributed by atoms with Gasteiger partial charge in [0, 0.05) is 26.8 Å². The van der Waals surface area contributed by atoms with Gasteiger partial charge in [0.05, 0.1) is 0 Å². The number of aromatic nitrogens is 2. The first-order chi connectivity index (χ1) is 8.16. The molecule has 0 radical (unpaired) electrons. The zero-order valence-corrected chi connectivity index (χ0v) is 11.0. The third-order valence-corrected chi connectivity index (χ3v) is 3.16. The Hall–Kier alpha value is -0.810. The van der Waals surface area contributed by atoms with Crippen molar-refractivity contribution in [2.45, 2.75) is 25.1 Å². The topological polar surface area (TPSA) is 51.4 Å². The van der Waals surface area contributed by atoms with Crippen LogP contribution in [0.2, 0.25) is 0 Å². The molecule has 5 nitrogen and oxygen atoms in total. The third kappa shape index (κ3) is 3.33. The second kappa shape index (κ2) is 5.69. The molecule has 2 heterocycles. The number of nitrogens with zero attached hydrogens (tertiary/aromatic N) is 3. The van der Waals surface area contributed by atoms with E-state index in [0.717, 1.165) is 32.6 Å². The van der Waals surface area contributed by atoms with Crippen LogP contribution in [-0.2, 0) is 4.74 Å². The van der Waals surface area contributed by atoms with Gasteiger partial charge in [-0.15, -0.1) is 16.7 Å². The number of halogens is 1. The van der Waals surface area contributed by atoms with Crippen LogP contribution in [0.1, 0.15) is 31.0 Å². The predicted octanol–water partition coefficient (Wildman–Crippen LogP) is 2.23. The predicted molar refractivity (Wildman–Crippen MR) is 65.4 cm³/mol. The smallest absolute Gasteiger partial charge is 0.317 e. The SMILES string of the molecule is CC(Cl)c1nnc(N(C)CC2CCOCC2)o1. The Balaban J connectivity index is 1.91. The monoisotopic (exact) mass is 259 g/mol. The summed E-state index contributed by atoms with van der Waals surface area (Å²) in [6, 6.07) is 0.541. The Morgan fingerprint density at radius 1 is 1.41 bits per heavy atom. The summed E-state index contributed by atoms with van der Waals surface area (Å²) in [5.41, 5.74) is 0. The molecule has 0 aromatic carbocycles. The van der Waals surface area contributed by atoms with Crippen LogP contribution in [0.4, 0.5) is 6.01 Å². The largest absolute Gasteiger partial charge is 0.406 e. The maximum Gasteiger partial charge on any atom is 0.317 e. The summed E-state index contributed by atoms with van der Waals surface area (Å²) >= 11 is 5.88. The van der Waals surface area contributed by atoms with Crippen molar-refractivity contribution in [1.29, 1.82) is 0 Å². The minimum absolute atomic E-state index is 0.243. The molecule has 1 aliphatic heterocycles. The summed E-state index contributed by atoms with van der Waals surface area (Å²) in [4.78, 5) is 1.99. The molecule has 96 valence electrons. The lowest BCUT2D eigenvalue weighted by molar-refractivity contribution is 0.0682. The Morgan fingerprint density at radius 2 is 2.12 bits per heavy atom. The molecule has 0 saturated carbocycles. The fourth-order valence-corrected chi connectivity index (χ4v) is 2.02. The van der Waals surface area contributed by atoms with Gasteiger partial charge in [0.2, 0.25) is 5.89 Å². The lowest BCUT2D eigenvalue weighted by atomic mass is 10.0. The highest BCUT2D eigenvalue weighted by Gasteiger charge is 2.19. The van der Waals surface area contributed by atoms with Crippen molar-refractivity contribution in [3.63, 3.8) is 0 Å². The lowest BCUT2D eigenvalue weighted by Gasteiger charge is -2.25. The number of anilines is 1. The van der Waals surface area contributed by atoms with E-state index in [0.29, 0.717) is 17.8 Å². The van der Waals surface area contributed by atoms with Crippen molar-refractivity contribution in [2.24, 2.45) is 5.92 Å². The van der Waals surface area contributed by atoms with E-state index in [1.165, 1.54) is 0 Å². The minimum atomic E-state index is -0.243. The molecule has 1 unspecified atom stereocenters. The summed E-state index contributed by atoms with van der Waals surface area (Å²) in [6.07, 6.45) is 2.19. The van der Waals surface area contributed by atoms with Crippen molar-refractivity contribution in [2.75, 3.05) is 31.7 Å². The molecule has 1 atom stereocenters. The van der Waals surface area contributed by atoms with Gasteiger partial charge in [0.25, 0.3) is 0 Å². The summed E-state index contributed by atoms with van der Waals surface area (Å²) in [6.45, 7) is 4.44. The Bertz CT molecular complexity index is 350. The number of ether oxygens (including phenoxy) is 1. The van der Waals surface area contributed by atoms with Crippen LogP contribution in [0.25, 0.3) is 0 Å². The summed E-state index contributed by atoms with van der Waals surface area (Å²) in [5.74, 6) is 1.11. The van der Waals surface area contributed by atoms with Gasteiger partial charge < -0.3 is 14.1 Å². The number of hydrogen-bond donors (Lipinski definition) is 0. The molecule has 1 fully saturated rings. The normalized spacial score (nSPS) is 19.2. The van der Waals surface area contributed by atoms with Crippen molar-refractivity contribution < 1.29 is 9.15 Å². The van der Waals surface area contributed by atoms with Gasteiger partial charge >= 0.3 is 6.01 Å². The van der Waals surface area contributed by atoms with E-state index < -0.39 is 0 Å². The van der Waals surface area contributed by atoms with Gasteiger partial charge in [-0.3, -0.25) is 0 Å². The molecule has 1 aromatic rings. The van der Waals surface area contributed by atoms with Gasteiger partial charge in [-0.2, -0.15) is 0 Å². The Kier molecular flexibility index (Phi) is 4.23. The molecule has 0 bridgehead atoms. The van der Waals surface area contributed by atoms with Crippen molar-refractivity contribution in [3.05, 3.63) is 5.89 Å². The highest BCUT2D eigenvalue weighted by Crippen LogP contribution is 2.23. The van der Waals surface area contributed by atoms with Gasteiger partial charge in [-0.25, -0.2) is 0 Å². The average Bonchev–Trinajstić information content (AvgIpc) is 2.79. The van der Waals surface area contributed by atoms with Crippen LogP contribution < -0.4 is 4.90 Å². The summed E-state index contributed by atoms with van der Waals surface area (Å²) in [7, 11) is 1.96. The molecule has 17 heavy (non-hydrogen) atoms. The summed E-state index contributed by atoms with van der Waals surface area (Å²) in [5, 5.41) is 7.67. The first kappa shape index (κ1) is 12.6. The van der Waals surface area contributed by atoms with Crippen molar-refractivity contribution in [3.8, 4) is 0 Å². The fourth-order valence-electron chi connectivity index (χ4n) is 1.94. The maximum absolute atomic E-state index is 5.88. The van der Waals surface area contributed by atoms with Crippen LogP contribution >= 0.6 is 11.6 Å². The molecule has 1 aliphatic rings. The zero-order valence-electron chi connectivity index (χ0n) is 10.2. The second-order valence-corrected chi connectivity index (χ2v) is 5.13. The van der Waals surface area contributed by atoms with E-state index in [9.17, 15) is 0 Å².